The fourth-order valence-electron chi connectivity index (χ4n) is 3.39. The Morgan fingerprint density at radius 1 is 1.10 bits per heavy atom. The van der Waals surface area contributed by atoms with E-state index in [1.165, 1.54) is 17.7 Å². The molecule has 1 N–H and O–H groups in total. The minimum absolute atomic E-state index is 0.299. The number of rotatable bonds is 4. The summed E-state index contributed by atoms with van der Waals surface area (Å²) in [6, 6.07) is 0. The van der Waals surface area contributed by atoms with E-state index in [1.54, 1.807) is 0 Å². The number of hydrogen-bond acceptors (Lipinski definition) is 5. The fourth-order valence-corrected chi connectivity index (χ4v) is 4.61. The van der Waals surface area contributed by atoms with E-state index in [1.807, 2.05) is 5.43 Å². The van der Waals surface area contributed by atoms with Crippen LogP contribution in [0.5, 0.6) is 0 Å². The molecule has 0 saturated heterocycles. The molecule has 1 aromatic carbocycles. The lowest BCUT2D eigenvalue weighted by Crippen LogP contribution is -2.30. The zero-order valence-electron chi connectivity index (χ0n) is 15.6. The normalized spacial score (nSPS) is 13.7. The number of nitrogens with one attached hydrogen (secondary N) is 1. The molecule has 0 fully saturated rings. The number of aromatic nitrogens is 2. The van der Waals surface area contributed by atoms with Crippen molar-refractivity contribution in [2.75, 3.05) is 0 Å². The van der Waals surface area contributed by atoms with Crippen LogP contribution in [0.1, 0.15) is 28.8 Å². The van der Waals surface area contributed by atoms with E-state index in [9.17, 15) is 31.5 Å². The summed E-state index contributed by atoms with van der Waals surface area (Å²) in [6.07, 6.45) is 5.14. The molecule has 162 valence electrons. The summed E-state index contributed by atoms with van der Waals surface area (Å²) in [7, 11) is 0. The lowest BCUT2D eigenvalue weighted by Gasteiger charge is -2.10. The highest BCUT2D eigenvalue weighted by Gasteiger charge is 2.25. The molecule has 0 atom stereocenters. The Kier molecular flexibility index (Phi) is 5.56. The van der Waals surface area contributed by atoms with Gasteiger partial charge in [0.2, 0.25) is 5.82 Å². The van der Waals surface area contributed by atoms with Crippen molar-refractivity contribution in [1.82, 2.24) is 15.0 Å². The van der Waals surface area contributed by atoms with Crippen LogP contribution < -0.4 is 11.0 Å². The Morgan fingerprint density at radius 3 is 2.45 bits per heavy atom. The van der Waals surface area contributed by atoms with Gasteiger partial charge in [-0.05, 0) is 31.2 Å². The first-order chi connectivity index (χ1) is 14.8. The van der Waals surface area contributed by atoms with Crippen LogP contribution in [0.2, 0.25) is 0 Å². The van der Waals surface area contributed by atoms with Gasteiger partial charge >= 0.3 is 0 Å². The van der Waals surface area contributed by atoms with Gasteiger partial charge in [-0.1, -0.05) is 0 Å². The summed E-state index contributed by atoms with van der Waals surface area (Å²) >= 11 is 1.45. The SMILES string of the molecule is O=C(Cn1cnc2sc3c(c2c1=O)CCCC3)N/N=C/c1c(F)c(F)c(F)c(F)c1F. The second-order valence-electron chi connectivity index (χ2n) is 6.85. The summed E-state index contributed by atoms with van der Waals surface area (Å²) in [5.41, 5.74) is 1.14. The highest BCUT2D eigenvalue weighted by molar-refractivity contribution is 7.18. The Bertz CT molecular complexity index is 1270. The van der Waals surface area contributed by atoms with Gasteiger partial charge in [0.05, 0.1) is 23.5 Å². The van der Waals surface area contributed by atoms with Crippen LogP contribution in [0, 0.1) is 29.1 Å². The van der Waals surface area contributed by atoms with E-state index < -0.39 is 52.7 Å². The van der Waals surface area contributed by atoms with Crippen LogP contribution in [-0.4, -0.2) is 21.7 Å². The van der Waals surface area contributed by atoms with Crippen molar-refractivity contribution in [3.8, 4) is 0 Å². The maximum absolute atomic E-state index is 13.6. The van der Waals surface area contributed by atoms with Gasteiger partial charge in [-0.25, -0.2) is 32.4 Å². The number of carbonyl (C=O) groups is 1. The molecule has 12 heteroatoms. The van der Waals surface area contributed by atoms with E-state index in [2.05, 4.69) is 10.1 Å². The summed E-state index contributed by atoms with van der Waals surface area (Å²) in [6.45, 7) is -0.499. The third-order valence-corrected chi connectivity index (χ3v) is 6.08. The van der Waals surface area contributed by atoms with Crippen molar-refractivity contribution in [1.29, 1.82) is 0 Å². The third kappa shape index (κ3) is 3.71. The van der Waals surface area contributed by atoms with E-state index in [-0.39, 0.29) is 0 Å². The van der Waals surface area contributed by atoms with Crippen molar-refractivity contribution < 1.29 is 26.7 Å². The quantitative estimate of drug-likeness (QED) is 0.215. The average molecular weight is 456 g/mol. The molecule has 0 unspecified atom stereocenters. The molecular formula is C19H13F5N4O2S. The van der Waals surface area contributed by atoms with Crippen molar-refractivity contribution in [2.45, 2.75) is 32.2 Å². The van der Waals surface area contributed by atoms with Gasteiger partial charge in [-0.3, -0.25) is 14.2 Å². The molecule has 6 nitrogen and oxygen atoms in total. The second kappa shape index (κ2) is 8.17. The predicted octanol–water partition coefficient (Wildman–Crippen LogP) is 3.18. The molecule has 0 aliphatic heterocycles. The van der Waals surface area contributed by atoms with Crippen LogP contribution in [-0.2, 0) is 24.2 Å². The van der Waals surface area contributed by atoms with Gasteiger partial charge in [0.15, 0.2) is 23.3 Å². The van der Waals surface area contributed by atoms with Gasteiger partial charge in [0.1, 0.15) is 11.4 Å². The monoisotopic (exact) mass is 456 g/mol. The number of aryl methyl sites for hydroxylation is 2. The fraction of sp³-hybridized carbons (Fsp3) is 0.263. The summed E-state index contributed by atoms with van der Waals surface area (Å²) in [5.74, 6) is -11.6. The molecule has 0 saturated carbocycles. The van der Waals surface area contributed by atoms with E-state index in [0.29, 0.717) is 16.4 Å². The Labute approximate surface area is 175 Å². The molecule has 0 radical (unpaired) electrons. The summed E-state index contributed by atoms with van der Waals surface area (Å²) < 4.78 is 67.7. The number of nitrogens with zero attached hydrogens (tertiary/aromatic N) is 3. The minimum Gasteiger partial charge on any atom is -0.289 e. The first-order valence-corrected chi connectivity index (χ1v) is 9.94. The Morgan fingerprint density at radius 2 is 1.74 bits per heavy atom. The van der Waals surface area contributed by atoms with Gasteiger partial charge in [-0.2, -0.15) is 5.10 Å². The highest BCUT2D eigenvalue weighted by atomic mass is 32.1. The van der Waals surface area contributed by atoms with Crippen molar-refractivity contribution >= 4 is 33.7 Å². The number of benzene rings is 1. The van der Waals surface area contributed by atoms with E-state index in [0.717, 1.165) is 40.7 Å². The molecule has 0 spiro atoms. The van der Waals surface area contributed by atoms with E-state index >= 15 is 0 Å². The van der Waals surface area contributed by atoms with Gasteiger partial charge in [-0.15, -0.1) is 11.3 Å². The molecule has 1 amide bonds. The van der Waals surface area contributed by atoms with Crippen LogP contribution in [0.3, 0.4) is 0 Å². The van der Waals surface area contributed by atoms with Gasteiger partial charge in [0.25, 0.3) is 11.5 Å². The maximum atomic E-state index is 13.6. The summed E-state index contributed by atoms with van der Waals surface area (Å²) in [4.78, 5) is 30.8. The molecule has 3 aromatic rings. The smallest absolute Gasteiger partial charge is 0.262 e. The number of hydrogen-bond donors (Lipinski definition) is 1. The standard InChI is InChI=1S/C19H13F5N4O2S/c20-13-9(14(21)16(23)17(24)15(13)22)5-26-27-11(29)6-28-7-25-18-12(19(28)30)8-3-1-2-4-10(8)31-18/h5,7H,1-4,6H2,(H,27,29)/b26-5+. The van der Waals surface area contributed by atoms with Gasteiger partial charge in [0, 0.05) is 4.88 Å². The largest absolute Gasteiger partial charge is 0.289 e. The lowest BCUT2D eigenvalue weighted by molar-refractivity contribution is -0.121. The van der Waals surface area contributed by atoms with Crippen LogP contribution >= 0.6 is 11.3 Å². The van der Waals surface area contributed by atoms with Gasteiger partial charge < -0.3 is 0 Å². The summed E-state index contributed by atoms with van der Waals surface area (Å²) in [5, 5.41) is 3.70. The maximum Gasteiger partial charge on any atom is 0.262 e. The average Bonchev–Trinajstić information content (AvgIpc) is 3.14. The lowest BCUT2D eigenvalue weighted by atomic mass is 9.97. The molecule has 2 aromatic heterocycles. The number of hydrazone groups is 1. The number of fused-ring (bicyclic) bond motifs is 3. The number of carbonyl (C=O) groups excluding carboxylic acids is 1. The van der Waals surface area contributed by atoms with Crippen LogP contribution in [0.4, 0.5) is 22.0 Å². The van der Waals surface area contributed by atoms with E-state index in [4.69, 9.17) is 0 Å². The number of amides is 1. The third-order valence-electron chi connectivity index (χ3n) is 4.88. The van der Waals surface area contributed by atoms with Crippen molar-refractivity contribution in [2.24, 2.45) is 5.10 Å². The van der Waals surface area contributed by atoms with Crippen molar-refractivity contribution in [3.05, 3.63) is 61.8 Å². The Hall–Kier alpha value is -3.15. The predicted molar refractivity (Wildman–Crippen MR) is 102 cm³/mol. The molecular weight excluding hydrogens is 443 g/mol. The number of thiophene rings is 1. The zero-order chi connectivity index (χ0) is 22.3. The molecule has 1 aliphatic carbocycles. The topological polar surface area (TPSA) is 76.3 Å². The zero-order valence-corrected chi connectivity index (χ0v) is 16.5. The highest BCUT2D eigenvalue weighted by Crippen LogP contribution is 2.33. The molecule has 4 rings (SSSR count). The van der Waals surface area contributed by atoms with Crippen LogP contribution in [0.15, 0.2) is 16.2 Å². The first kappa shape index (κ1) is 21.1. The van der Waals surface area contributed by atoms with Crippen molar-refractivity contribution in [3.63, 3.8) is 0 Å². The second-order valence-corrected chi connectivity index (χ2v) is 7.93. The van der Waals surface area contributed by atoms with Crippen LogP contribution in [0.25, 0.3) is 10.2 Å². The molecule has 1 aliphatic rings. The molecule has 31 heavy (non-hydrogen) atoms. The minimum atomic E-state index is -2.30. The number of halogens is 5. The Balaban J connectivity index is 1.53. The molecule has 0 bridgehead atoms. The molecule has 2 heterocycles. The first-order valence-electron chi connectivity index (χ1n) is 9.12.